The van der Waals surface area contributed by atoms with Crippen molar-refractivity contribution in [3.63, 3.8) is 0 Å². The first-order chi connectivity index (χ1) is 8.45. The van der Waals surface area contributed by atoms with E-state index in [4.69, 9.17) is 5.84 Å². The SMILES string of the molecule is CC(CN(C)C)Nc1ncnc(NN)c1C(C)C. The van der Waals surface area contributed by atoms with Gasteiger partial charge in [-0.3, -0.25) is 0 Å². The van der Waals surface area contributed by atoms with Crippen LogP contribution in [0.1, 0.15) is 32.3 Å². The summed E-state index contributed by atoms with van der Waals surface area (Å²) in [6.07, 6.45) is 1.52. The lowest BCUT2D eigenvalue weighted by atomic mass is 10.0. The van der Waals surface area contributed by atoms with Gasteiger partial charge in [-0.1, -0.05) is 13.8 Å². The van der Waals surface area contributed by atoms with E-state index < -0.39 is 0 Å². The van der Waals surface area contributed by atoms with Crippen LogP contribution in [0.15, 0.2) is 6.33 Å². The second-order valence-corrected chi connectivity index (χ2v) is 5.09. The minimum Gasteiger partial charge on any atom is -0.366 e. The molecule has 1 aromatic rings. The summed E-state index contributed by atoms with van der Waals surface area (Å²) >= 11 is 0. The fourth-order valence-corrected chi connectivity index (χ4v) is 2.00. The van der Waals surface area contributed by atoms with Crippen LogP contribution in [0.4, 0.5) is 11.6 Å². The van der Waals surface area contributed by atoms with Crippen molar-refractivity contribution >= 4 is 11.6 Å². The molecule has 1 rings (SSSR count). The Labute approximate surface area is 109 Å². The van der Waals surface area contributed by atoms with Gasteiger partial charge in [-0.2, -0.15) is 0 Å². The standard InChI is InChI=1S/C12H24N6/c1-8(2)10-11(14-7-15-12(10)17-13)16-9(3)6-18(4)5/h7-9H,6,13H2,1-5H3,(H2,14,15,16,17). The Hall–Kier alpha value is -1.40. The van der Waals surface area contributed by atoms with Crippen LogP contribution in [-0.2, 0) is 0 Å². The van der Waals surface area contributed by atoms with Crippen LogP contribution >= 0.6 is 0 Å². The van der Waals surface area contributed by atoms with Crippen LogP contribution in [0, 0.1) is 0 Å². The number of hydrogen-bond donors (Lipinski definition) is 3. The van der Waals surface area contributed by atoms with Crippen molar-refractivity contribution in [2.45, 2.75) is 32.7 Å². The van der Waals surface area contributed by atoms with Crippen LogP contribution < -0.4 is 16.6 Å². The van der Waals surface area contributed by atoms with Crippen molar-refractivity contribution in [1.82, 2.24) is 14.9 Å². The van der Waals surface area contributed by atoms with Gasteiger partial charge in [0.15, 0.2) is 0 Å². The van der Waals surface area contributed by atoms with Crippen molar-refractivity contribution in [1.29, 1.82) is 0 Å². The van der Waals surface area contributed by atoms with Gasteiger partial charge in [-0.15, -0.1) is 0 Å². The lowest BCUT2D eigenvalue weighted by molar-refractivity contribution is 0.391. The number of likely N-dealkylation sites (N-methyl/N-ethyl adjacent to an activating group) is 1. The number of anilines is 2. The monoisotopic (exact) mass is 252 g/mol. The van der Waals surface area contributed by atoms with Gasteiger partial charge in [0.25, 0.3) is 0 Å². The van der Waals surface area contributed by atoms with Crippen molar-refractivity contribution in [2.75, 3.05) is 31.4 Å². The van der Waals surface area contributed by atoms with Crippen molar-refractivity contribution in [3.8, 4) is 0 Å². The number of rotatable bonds is 6. The van der Waals surface area contributed by atoms with Crippen molar-refractivity contribution < 1.29 is 0 Å². The van der Waals surface area contributed by atoms with Crippen LogP contribution in [0.25, 0.3) is 0 Å². The summed E-state index contributed by atoms with van der Waals surface area (Å²) < 4.78 is 0. The molecule has 18 heavy (non-hydrogen) atoms. The predicted molar refractivity (Wildman–Crippen MR) is 75.6 cm³/mol. The average Bonchev–Trinajstić information content (AvgIpc) is 2.26. The lowest BCUT2D eigenvalue weighted by Gasteiger charge is -2.22. The summed E-state index contributed by atoms with van der Waals surface area (Å²) in [5, 5.41) is 3.41. The molecule has 1 atom stereocenters. The molecule has 0 saturated carbocycles. The number of hydrazine groups is 1. The molecule has 0 saturated heterocycles. The molecule has 0 amide bonds. The first kappa shape index (κ1) is 14.7. The maximum absolute atomic E-state index is 5.49. The molecular formula is C12H24N6. The lowest BCUT2D eigenvalue weighted by Crippen LogP contribution is -2.30. The average molecular weight is 252 g/mol. The third-order valence-electron chi connectivity index (χ3n) is 2.62. The largest absolute Gasteiger partial charge is 0.366 e. The highest BCUT2D eigenvalue weighted by atomic mass is 15.3. The van der Waals surface area contributed by atoms with E-state index in [1.807, 2.05) is 14.1 Å². The van der Waals surface area contributed by atoms with Crippen LogP contribution in [0.5, 0.6) is 0 Å². The van der Waals surface area contributed by atoms with Gasteiger partial charge < -0.3 is 15.6 Å². The highest BCUT2D eigenvalue weighted by Gasteiger charge is 2.16. The third-order valence-corrected chi connectivity index (χ3v) is 2.62. The molecule has 4 N–H and O–H groups in total. The molecule has 102 valence electrons. The zero-order valence-electron chi connectivity index (χ0n) is 11.9. The molecule has 0 bridgehead atoms. The van der Waals surface area contributed by atoms with E-state index >= 15 is 0 Å². The van der Waals surface area contributed by atoms with Gasteiger partial charge in [0.1, 0.15) is 18.0 Å². The minimum absolute atomic E-state index is 0.298. The molecule has 6 nitrogen and oxygen atoms in total. The molecule has 1 unspecified atom stereocenters. The van der Waals surface area contributed by atoms with Crippen LogP contribution in [0.2, 0.25) is 0 Å². The second-order valence-electron chi connectivity index (χ2n) is 5.09. The van der Waals surface area contributed by atoms with Crippen LogP contribution in [0.3, 0.4) is 0 Å². The van der Waals surface area contributed by atoms with E-state index in [0.29, 0.717) is 17.8 Å². The first-order valence-corrected chi connectivity index (χ1v) is 6.18. The van der Waals surface area contributed by atoms with Crippen molar-refractivity contribution in [3.05, 3.63) is 11.9 Å². The Morgan fingerprint density at radius 2 is 1.83 bits per heavy atom. The molecule has 0 aliphatic carbocycles. The molecule has 0 aromatic carbocycles. The molecule has 0 radical (unpaired) electrons. The third kappa shape index (κ3) is 3.82. The van der Waals surface area contributed by atoms with E-state index in [2.05, 4.69) is 46.4 Å². The van der Waals surface area contributed by atoms with E-state index in [1.54, 1.807) is 0 Å². The first-order valence-electron chi connectivity index (χ1n) is 6.18. The molecule has 1 aromatic heterocycles. The fraction of sp³-hybridized carbons (Fsp3) is 0.667. The number of hydrogen-bond acceptors (Lipinski definition) is 6. The minimum atomic E-state index is 0.298. The normalized spacial score (nSPS) is 12.9. The smallest absolute Gasteiger partial charge is 0.148 e. The summed E-state index contributed by atoms with van der Waals surface area (Å²) in [7, 11) is 4.10. The zero-order chi connectivity index (χ0) is 13.7. The number of aromatic nitrogens is 2. The highest BCUT2D eigenvalue weighted by Crippen LogP contribution is 2.27. The molecular weight excluding hydrogens is 228 g/mol. The summed E-state index contributed by atoms with van der Waals surface area (Å²) in [4.78, 5) is 10.6. The predicted octanol–water partition coefficient (Wildman–Crippen LogP) is 1.25. The van der Waals surface area contributed by atoms with Gasteiger partial charge >= 0.3 is 0 Å². The molecule has 6 heteroatoms. The van der Waals surface area contributed by atoms with Gasteiger partial charge in [-0.05, 0) is 26.9 Å². The number of nitrogen functional groups attached to an aromatic ring is 1. The molecule has 0 spiro atoms. The van der Waals surface area contributed by atoms with Gasteiger partial charge in [0.2, 0.25) is 0 Å². The van der Waals surface area contributed by atoms with Gasteiger partial charge in [-0.25, -0.2) is 15.8 Å². The van der Waals surface area contributed by atoms with Gasteiger partial charge in [0, 0.05) is 18.2 Å². The zero-order valence-corrected chi connectivity index (χ0v) is 11.9. The summed E-state index contributed by atoms with van der Waals surface area (Å²) in [6, 6.07) is 0.304. The molecule has 1 heterocycles. The number of nitrogens with one attached hydrogen (secondary N) is 2. The Balaban J connectivity index is 2.94. The summed E-state index contributed by atoms with van der Waals surface area (Å²) in [5.41, 5.74) is 3.65. The second kappa shape index (κ2) is 6.51. The van der Waals surface area contributed by atoms with E-state index in [-0.39, 0.29) is 0 Å². The number of nitrogens with zero attached hydrogens (tertiary/aromatic N) is 3. The molecule has 0 fully saturated rings. The Bertz CT molecular complexity index is 377. The Morgan fingerprint density at radius 1 is 1.22 bits per heavy atom. The van der Waals surface area contributed by atoms with E-state index in [0.717, 1.165) is 17.9 Å². The maximum Gasteiger partial charge on any atom is 0.148 e. The summed E-state index contributed by atoms with van der Waals surface area (Å²) in [6.45, 7) is 7.26. The van der Waals surface area contributed by atoms with Crippen molar-refractivity contribution in [2.24, 2.45) is 5.84 Å². The topological polar surface area (TPSA) is 79.1 Å². The molecule has 0 aliphatic rings. The summed E-state index contributed by atoms with van der Waals surface area (Å²) in [5.74, 6) is 7.32. The quantitative estimate of drug-likeness (QED) is 0.522. The Morgan fingerprint density at radius 3 is 2.33 bits per heavy atom. The number of nitrogens with two attached hydrogens (primary N) is 1. The molecule has 0 aliphatic heterocycles. The fourth-order valence-electron chi connectivity index (χ4n) is 2.00. The van der Waals surface area contributed by atoms with E-state index in [1.165, 1.54) is 6.33 Å². The Kier molecular flexibility index (Phi) is 5.30. The highest BCUT2D eigenvalue weighted by molar-refractivity contribution is 5.58. The van der Waals surface area contributed by atoms with Gasteiger partial charge in [0.05, 0.1) is 0 Å². The van der Waals surface area contributed by atoms with Crippen LogP contribution in [-0.4, -0.2) is 41.5 Å². The van der Waals surface area contributed by atoms with E-state index in [9.17, 15) is 0 Å². The maximum atomic E-state index is 5.49.